The van der Waals surface area contributed by atoms with Crippen molar-refractivity contribution in [1.82, 2.24) is 0 Å². The van der Waals surface area contributed by atoms with Gasteiger partial charge in [-0.3, -0.25) is 0 Å². The van der Waals surface area contributed by atoms with Crippen molar-refractivity contribution in [3.63, 3.8) is 0 Å². The summed E-state index contributed by atoms with van der Waals surface area (Å²) in [7, 11) is 0. The number of hydrogen-bond donors (Lipinski definition) is 1. The van der Waals surface area contributed by atoms with E-state index in [2.05, 4.69) is 19.1 Å². The number of aliphatic hydroxyl groups is 1. The minimum atomic E-state index is 0.311. The quantitative estimate of drug-likeness (QED) is 0.401. The molecule has 0 amide bonds. The summed E-state index contributed by atoms with van der Waals surface area (Å²) < 4.78 is 12.1. The molecule has 2 bridgehead atoms. The highest BCUT2D eigenvalue weighted by Crippen LogP contribution is 2.45. The third kappa shape index (κ3) is 6.21. The van der Waals surface area contributed by atoms with Gasteiger partial charge < -0.3 is 14.6 Å². The van der Waals surface area contributed by atoms with E-state index in [0.717, 1.165) is 38.9 Å². The molecule has 0 aromatic carbocycles. The SMILES string of the molecule is CCCCCCOC[C@@H]1[C@H](C/C=C\CCCCO)[C@@H]2CC[C@H]1O2. The van der Waals surface area contributed by atoms with Gasteiger partial charge in [-0.25, -0.2) is 0 Å². The van der Waals surface area contributed by atoms with Crippen molar-refractivity contribution >= 4 is 0 Å². The number of allylic oxidation sites excluding steroid dienone is 2. The van der Waals surface area contributed by atoms with E-state index in [1.165, 1.54) is 38.5 Å². The molecule has 2 aliphatic rings. The van der Waals surface area contributed by atoms with Crippen molar-refractivity contribution in [3.05, 3.63) is 12.2 Å². The second-order valence-electron chi connectivity index (χ2n) is 7.18. The summed E-state index contributed by atoms with van der Waals surface area (Å²) in [4.78, 5) is 0. The van der Waals surface area contributed by atoms with E-state index in [9.17, 15) is 0 Å². The van der Waals surface area contributed by atoms with Crippen LogP contribution in [0.1, 0.15) is 71.1 Å². The van der Waals surface area contributed by atoms with Crippen LogP contribution in [0.25, 0.3) is 0 Å². The van der Waals surface area contributed by atoms with Crippen molar-refractivity contribution in [2.24, 2.45) is 11.8 Å². The molecular formula is C20H36O3. The van der Waals surface area contributed by atoms with Crippen LogP contribution in [0, 0.1) is 11.8 Å². The smallest absolute Gasteiger partial charge is 0.0633 e. The first-order valence-corrected chi connectivity index (χ1v) is 9.85. The van der Waals surface area contributed by atoms with Crippen molar-refractivity contribution < 1.29 is 14.6 Å². The Bertz CT molecular complexity index is 329. The molecule has 0 radical (unpaired) electrons. The highest BCUT2D eigenvalue weighted by molar-refractivity contribution is 4.99. The lowest BCUT2D eigenvalue weighted by Crippen LogP contribution is -2.30. The Morgan fingerprint density at radius 2 is 1.83 bits per heavy atom. The maximum atomic E-state index is 8.80. The number of fused-ring (bicyclic) bond motifs is 2. The fraction of sp³-hybridized carbons (Fsp3) is 0.900. The number of unbranched alkanes of at least 4 members (excludes halogenated alkanes) is 5. The van der Waals surface area contributed by atoms with Gasteiger partial charge in [0.25, 0.3) is 0 Å². The fourth-order valence-corrected chi connectivity index (χ4v) is 4.02. The predicted octanol–water partition coefficient (Wildman–Crippen LogP) is 4.49. The van der Waals surface area contributed by atoms with Crippen molar-refractivity contribution in [3.8, 4) is 0 Å². The molecule has 3 heteroatoms. The molecule has 0 saturated carbocycles. The van der Waals surface area contributed by atoms with Crippen LogP contribution >= 0.6 is 0 Å². The molecular weight excluding hydrogens is 288 g/mol. The number of aliphatic hydroxyl groups excluding tert-OH is 1. The van der Waals surface area contributed by atoms with Gasteiger partial charge in [-0.15, -0.1) is 0 Å². The standard InChI is InChI=1S/C20H36O3/c1-2-3-4-10-15-22-16-18-17(19-12-13-20(18)23-19)11-8-6-5-7-9-14-21/h6,8,17-21H,2-5,7,9-16H2,1H3/b8-6-/t17-,18+,19-,20+/m0/s1. The van der Waals surface area contributed by atoms with Crippen LogP contribution in [0.2, 0.25) is 0 Å². The monoisotopic (exact) mass is 324 g/mol. The molecule has 23 heavy (non-hydrogen) atoms. The summed E-state index contributed by atoms with van der Waals surface area (Å²) >= 11 is 0. The Labute approximate surface area is 142 Å². The Balaban J connectivity index is 1.65. The molecule has 2 rings (SSSR count). The van der Waals surface area contributed by atoms with Gasteiger partial charge in [0.2, 0.25) is 0 Å². The first-order valence-electron chi connectivity index (χ1n) is 9.85. The first-order chi connectivity index (χ1) is 11.4. The lowest BCUT2D eigenvalue weighted by Gasteiger charge is -2.27. The maximum Gasteiger partial charge on any atom is 0.0633 e. The van der Waals surface area contributed by atoms with Gasteiger partial charge >= 0.3 is 0 Å². The lowest BCUT2D eigenvalue weighted by atomic mass is 9.78. The molecule has 0 aromatic rings. The van der Waals surface area contributed by atoms with Gasteiger partial charge in [0.1, 0.15) is 0 Å². The Hall–Kier alpha value is -0.380. The average molecular weight is 325 g/mol. The zero-order chi connectivity index (χ0) is 16.3. The summed E-state index contributed by atoms with van der Waals surface area (Å²) in [6.07, 6.45) is 17.3. The molecule has 1 N–H and O–H groups in total. The van der Waals surface area contributed by atoms with Crippen LogP contribution in [0.5, 0.6) is 0 Å². The molecule has 2 saturated heterocycles. The predicted molar refractivity (Wildman–Crippen MR) is 94.5 cm³/mol. The van der Waals surface area contributed by atoms with E-state index in [1.54, 1.807) is 0 Å². The highest BCUT2D eigenvalue weighted by Gasteiger charge is 2.48. The molecule has 2 heterocycles. The highest BCUT2D eigenvalue weighted by atomic mass is 16.5. The van der Waals surface area contributed by atoms with Crippen LogP contribution in [-0.4, -0.2) is 37.1 Å². The number of rotatable bonds is 13. The Morgan fingerprint density at radius 3 is 2.61 bits per heavy atom. The molecule has 0 unspecified atom stereocenters. The van der Waals surface area contributed by atoms with Crippen LogP contribution < -0.4 is 0 Å². The van der Waals surface area contributed by atoms with Gasteiger partial charge in [0.05, 0.1) is 18.8 Å². The number of hydrogen-bond acceptors (Lipinski definition) is 3. The topological polar surface area (TPSA) is 38.7 Å². The van der Waals surface area contributed by atoms with Gasteiger partial charge in [0.15, 0.2) is 0 Å². The summed E-state index contributed by atoms with van der Waals surface area (Å²) in [5.74, 6) is 1.25. The molecule has 0 aromatic heterocycles. The molecule has 134 valence electrons. The van der Waals surface area contributed by atoms with E-state index < -0.39 is 0 Å². The minimum Gasteiger partial charge on any atom is -0.396 e. The maximum absolute atomic E-state index is 8.80. The van der Waals surface area contributed by atoms with Crippen LogP contribution in [0.3, 0.4) is 0 Å². The average Bonchev–Trinajstić information content (AvgIpc) is 3.16. The number of ether oxygens (including phenoxy) is 2. The Kier molecular flexibility index (Phi) is 9.25. The largest absolute Gasteiger partial charge is 0.396 e. The summed E-state index contributed by atoms with van der Waals surface area (Å²) in [5.41, 5.74) is 0. The van der Waals surface area contributed by atoms with Gasteiger partial charge in [-0.2, -0.15) is 0 Å². The van der Waals surface area contributed by atoms with E-state index in [4.69, 9.17) is 14.6 Å². The van der Waals surface area contributed by atoms with Crippen LogP contribution in [0.4, 0.5) is 0 Å². The summed E-state index contributed by atoms with van der Waals surface area (Å²) in [6.45, 7) is 4.36. The minimum absolute atomic E-state index is 0.311. The van der Waals surface area contributed by atoms with Gasteiger partial charge in [-0.1, -0.05) is 38.3 Å². The summed E-state index contributed by atoms with van der Waals surface area (Å²) in [5, 5.41) is 8.80. The van der Waals surface area contributed by atoms with Crippen molar-refractivity contribution in [2.75, 3.05) is 19.8 Å². The van der Waals surface area contributed by atoms with E-state index in [0.29, 0.717) is 30.7 Å². The zero-order valence-corrected chi connectivity index (χ0v) is 14.9. The molecule has 3 nitrogen and oxygen atoms in total. The van der Waals surface area contributed by atoms with Crippen molar-refractivity contribution in [2.45, 2.75) is 83.3 Å². The zero-order valence-electron chi connectivity index (χ0n) is 14.9. The lowest BCUT2D eigenvalue weighted by molar-refractivity contribution is 0.0478. The second-order valence-corrected chi connectivity index (χ2v) is 7.18. The van der Waals surface area contributed by atoms with Gasteiger partial charge in [0, 0.05) is 19.1 Å². The molecule has 0 spiro atoms. The third-order valence-electron chi connectivity index (χ3n) is 5.40. The van der Waals surface area contributed by atoms with Crippen LogP contribution in [-0.2, 0) is 9.47 Å². The van der Waals surface area contributed by atoms with Crippen molar-refractivity contribution in [1.29, 1.82) is 0 Å². The molecule has 2 fully saturated rings. The molecule has 2 aliphatic heterocycles. The second kappa shape index (κ2) is 11.2. The van der Waals surface area contributed by atoms with Crippen LogP contribution in [0.15, 0.2) is 12.2 Å². The normalized spacial score (nSPS) is 29.8. The third-order valence-corrected chi connectivity index (χ3v) is 5.40. The molecule has 0 aliphatic carbocycles. The van der Waals surface area contributed by atoms with Gasteiger partial charge in [-0.05, 0) is 50.9 Å². The van der Waals surface area contributed by atoms with E-state index in [1.807, 2.05) is 0 Å². The van der Waals surface area contributed by atoms with E-state index >= 15 is 0 Å². The first kappa shape index (κ1) is 19.0. The fourth-order valence-electron chi connectivity index (χ4n) is 4.02. The Morgan fingerprint density at radius 1 is 1.00 bits per heavy atom. The summed E-state index contributed by atoms with van der Waals surface area (Å²) in [6, 6.07) is 0. The molecule has 4 atom stereocenters. The van der Waals surface area contributed by atoms with E-state index in [-0.39, 0.29) is 0 Å².